The van der Waals surface area contributed by atoms with E-state index in [1.54, 1.807) is 0 Å². The fourth-order valence-corrected chi connectivity index (χ4v) is 4.15. The zero-order valence-electron chi connectivity index (χ0n) is 12.5. The van der Waals surface area contributed by atoms with Gasteiger partial charge >= 0.3 is 0 Å². The topological polar surface area (TPSA) is 55.1 Å². The van der Waals surface area contributed by atoms with E-state index in [9.17, 15) is 4.79 Å². The van der Waals surface area contributed by atoms with Gasteiger partial charge in [0.15, 0.2) is 0 Å². The van der Waals surface area contributed by atoms with E-state index in [-0.39, 0.29) is 11.9 Å². The number of carbonyl (C=O) groups is 1. The maximum atomic E-state index is 11.0. The van der Waals surface area contributed by atoms with E-state index in [0.717, 1.165) is 18.5 Å². The van der Waals surface area contributed by atoms with Crippen LogP contribution in [0, 0.1) is 5.41 Å². The number of nitrogens with one attached hydrogen (secondary N) is 1. The minimum atomic E-state index is -0.0403. The van der Waals surface area contributed by atoms with Crippen LogP contribution in [0.4, 0.5) is 5.69 Å². The van der Waals surface area contributed by atoms with Crippen molar-refractivity contribution in [2.75, 3.05) is 5.32 Å². The molecule has 1 saturated carbocycles. The van der Waals surface area contributed by atoms with E-state index < -0.39 is 0 Å². The predicted molar refractivity (Wildman–Crippen MR) is 86.0 cm³/mol. The number of hydrogen-bond acceptors (Lipinski definition) is 3. The molecule has 1 amide bonds. The van der Waals surface area contributed by atoms with E-state index in [1.165, 1.54) is 18.2 Å². The molecule has 2 unspecified atom stereocenters. The molecule has 0 aromatic heterocycles. The molecule has 0 aliphatic heterocycles. The van der Waals surface area contributed by atoms with Crippen LogP contribution >= 0.6 is 11.8 Å². The lowest BCUT2D eigenvalue weighted by molar-refractivity contribution is -0.114. The van der Waals surface area contributed by atoms with Crippen molar-refractivity contribution in [1.29, 1.82) is 0 Å². The summed E-state index contributed by atoms with van der Waals surface area (Å²) in [6.45, 7) is 6.17. The number of rotatable bonds is 3. The Morgan fingerprint density at radius 2 is 2.00 bits per heavy atom. The lowest BCUT2D eigenvalue weighted by atomic mass is 9.75. The Morgan fingerprint density at radius 1 is 1.35 bits per heavy atom. The number of hydrogen-bond donors (Lipinski definition) is 2. The van der Waals surface area contributed by atoms with Gasteiger partial charge < -0.3 is 11.1 Å². The Balaban J connectivity index is 2.00. The van der Waals surface area contributed by atoms with Gasteiger partial charge in [-0.1, -0.05) is 13.8 Å². The molecule has 1 aliphatic carbocycles. The van der Waals surface area contributed by atoms with Crippen molar-refractivity contribution in [1.82, 2.24) is 0 Å². The van der Waals surface area contributed by atoms with Gasteiger partial charge in [0.2, 0.25) is 5.91 Å². The van der Waals surface area contributed by atoms with Gasteiger partial charge in [0.25, 0.3) is 0 Å². The van der Waals surface area contributed by atoms with Crippen LogP contribution in [0.2, 0.25) is 0 Å². The van der Waals surface area contributed by atoms with Gasteiger partial charge in [0.1, 0.15) is 0 Å². The highest BCUT2D eigenvalue weighted by atomic mass is 32.2. The molecule has 1 aromatic carbocycles. The molecule has 0 bridgehead atoms. The van der Waals surface area contributed by atoms with Crippen molar-refractivity contribution in [2.45, 2.75) is 56.2 Å². The Bertz CT molecular complexity index is 470. The van der Waals surface area contributed by atoms with Crippen LogP contribution < -0.4 is 11.1 Å². The zero-order chi connectivity index (χ0) is 14.8. The number of benzene rings is 1. The maximum absolute atomic E-state index is 11.0. The molecule has 20 heavy (non-hydrogen) atoms. The van der Waals surface area contributed by atoms with Crippen molar-refractivity contribution >= 4 is 23.4 Å². The molecular weight excluding hydrogens is 268 g/mol. The summed E-state index contributed by atoms with van der Waals surface area (Å²) in [5, 5.41) is 3.26. The normalized spacial score (nSPS) is 25.2. The number of nitrogens with two attached hydrogens (primary N) is 1. The molecule has 3 nitrogen and oxygen atoms in total. The summed E-state index contributed by atoms with van der Waals surface area (Å²) >= 11 is 1.86. The summed E-state index contributed by atoms with van der Waals surface area (Å²) in [7, 11) is 0. The molecule has 110 valence electrons. The van der Waals surface area contributed by atoms with Gasteiger partial charge in [-0.25, -0.2) is 0 Å². The van der Waals surface area contributed by atoms with Gasteiger partial charge in [0, 0.05) is 28.8 Å². The van der Waals surface area contributed by atoms with E-state index in [0.29, 0.717) is 10.7 Å². The first kappa shape index (κ1) is 15.4. The van der Waals surface area contributed by atoms with Gasteiger partial charge in [-0.3, -0.25) is 4.79 Å². The van der Waals surface area contributed by atoms with Gasteiger partial charge in [-0.05, 0) is 48.9 Å². The highest BCUT2D eigenvalue weighted by Crippen LogP contribution is 2.42. The Labute approximate surface area is 125 Å². The minimum Gasteiger partial charge on any atom is -0.327 e. The molecule has 0 saturated heterocycles. The number of thioether (sulfide) groups is 1. The van der Waals surface area contributed by atoms with Crippen molar-refractivity contribution in [3.05, 3.63) is 24.3 Å². The summed E-state index contributed by atoms with van der Waals surface area (Å²) in [6, 6.07) is 8.30. The quantitative estimate of drug-likeness (QED) is 0.894. The molecule has 4 heteroatoms. The van der Waals surface area contributed by atoms with Gasteiger partial charge in [-0.15, -0.1) is 11.8 Å². The van der Waals surface area contributed by atoms with E-state index in [2.05, 4.69) is 31.3 Å². The number of amides is 1. The first-order valence-corrected chi connectivity index (χ1v) is 8.04. The molecular formula is C16H24N2OS. The van der Waals surface area contributed by atoms with E-state index in [1.807, 2.05) is 23.9 Å². The first-order chi connectivity index (χ1) is 9.35. The third kappa shape index (κ3) is 4.25. The van der Waals surface area contributed by atoms with Crippen molar-refractivity contribution in [2.24, 2.45) is 11.1 Å². The minimum absolute atomic E-state index is 0.0403. The average molecular weight is 292 g/mol. The molecule has 0 heterocycles. The fourth-order valence-electron chi connectivity index (χ4n) is 2.67. The van der Waals surface area contributed by atoms with Crippen LogP contribution in [0.15, 0.2) is 29.2 Å². The number of carbonyl (C=O) groups excluding carboxylic acids is 1. The molecule has 1 fully saturated rings. The van der Waals surface area contributed by atoms with Crippen molar-refractivity contribution in [3.63, 3.8) is 0 Å². The van der Waals surface area contributed by atoms with Crippen LogP contribution in [0.1, 0.15) is 40.0 Å². The average Bonchev–Trinajstić information content (AvgIpc) is 2.35. The Kier molecular flexibility index (Phi) is 4.76. The van der Waals surface area contributed by atoms with Gasteiger partial charge in [-0.2, -0.15) is 0 Å². The second-order valence-electron chi connectivity index (χ2n) is 6.43. The van der Waals surface area contributed by atoms with E-state index in [4.69, 9.17) is 5.73 Å². The van der Waals surface area contributed by atoms with Crippen LogP contribution in [0.3, 0.4) is 0 Å². The Hall–Kier alpha value is -1.00. The third-order valence-corrected chi connectivity index (χ3v) is 5.21. The van der Waals surface area contributed by atoms with Crippen molar-refractivity contribution in [3.8, 4) is 0 Å². The molecule has 2 rings (SSSR count). The largest absolute Gasteiger partial charge is 0.327 e. The molecule has 3 N–H and O–H groups in total. The smallest absolute Gasteiger partial charge is 0.221 e. The summed E-state index contributed by atoms with van der Waals surface area (Å²) in [4.78, 5) is 12.2. The maximum Gasteiger partial charge on any atom is 0.221 e. The summed E-state index contributed by atoms with van der Waals surface area (Å²) in [6.07, 6.45) is 3.48. The van der Waals surface area contributed by atoms with Crippen LogP contribution in [-0.2, 0) is 4.79 Å². The first-order valence-electron chi connectivity index (χ1n) is 7.16. The highest BCUT2D eigenvalue weighted by molar-refractivity contribution is 8.00. The molecule has 1 aromatic rings. The fraction of sp³-hybridized carbons (Fsp3) is 0.562. The second-order valence-corrected chi connectivity index (χ2v) is 7.75. The van der Waals surface area contributed by atoms with Crippen LogP contribution in [0.25, 0.3) is 0 Å². The van der Waals surface area contributed by atoms with Gasteiger partial charge in [0.05, 0.1) is 0 Å². The van der Waals surface area contributed by atoms with Crippen LogP contribution in [-0.4, -0.2) is 17.2 Å². The summed E-state index contributed by atoms with van der Waals surface area (Å²) in [5.41, 5.74) is 7.50. The Morgan fingerprint density at radius 3 is 2.60 bits per heavy atom. The molecule has 1 aliphatic rings. The SMILES string of the molecule is CC(=O)Nc1ccc(SC2CC(C)(C)CCC2N)cc1. The third-order valence-electron chi connectivity index (χ3n) is 3.85. The highest BCUT2D eigenvalue weighted by Gasteiger charge is 2.33. The second kappa shape index (κ2) is 6.19. The number of anilines is 1. The summed E-state index contributed by atoms with van der Waals surface area (Å²) in [5.74, 6) is -0.0403. The lowest BCUT2D eigenvalue weighted by Crippen LogP contribution is -2.41. The molecule has 2 atom stereocenters. The van der Waals surface area contributed by atoms with Crippen LogP contribution in [0.5, 0.6) is 0 Å². The monoisotopic (exact) mass is 292 g/mol. The standard InChI is InChI=1S/C16H24N2OS/c1-11(19)18-12-4-6-13(7-5-12)20-15-10-16(2,3)9-8-14(15)17/h4-7,14-15H,8-10,17H2,1-3H3,(H,18,19). The molecule has 0 radical (unpaired) electrons. The molecule has 0 spiro atoms. The summed E-state index contributed by atoms with van der Waals surface area (Å²) < 4.78 is 0. The van der Waals surface area contributed by atoms with E-state index >= 15 is 0 Å². The van der Waals surface area contributed by atoms with Crippen molar-refractivity contribution < 1.29 is 4.79 Å². The lowest BCUT2D eigenvalue weighted by Gasteiger charge is -2.38. The predicted octanol–water partition coefficient (Wildman–Crippen LogP) is 3.64. The zero-order valence-corrected chi connectivity index (χ0v) is 13.3.